The number of hydrogen-bond donors (Lipinski definition) is 1. The van der Waals surface area contributed by atoms with Gasteiger partial charge in [-0.05, 0) is 43.3 Å². The lowest BCUT2D eigenvalue weighted by Crippen LogP contribution is -2.26. The first kappa shape index (κ1) is 19.2. The van der Waals surface area contributed by atoms with E-state index in [9.17, 15) is 9.59 Å². The summed E-state index contributed by atoms with van der Waals surface area (Å²) in [5.74, 6) is -0.374. The molecule has 3 aromatic carbocycles. The Morgan fingerprint density at radius 2 is 1.50 bits per heavy atom. The van der Waals surface area contributed by atoms with E-state index < -0.39 is 18.0 Å². The van der Waals surface area contributed by atoms with Crippen LogP contribution in [0.2, 0.25) is 0 Å². The third-order valence-electron chi connectivity index (χ3n) is 4.21. The molecular weight excluding hydrogens is 354 g/mol. The third-order valence-corrected chi connectivity index (χ3v) is 4.21. The monoisotopic (exact) mass is 375 g/mol. The average Bonchev–Trinajstić information content (AvgIpc) is 2.74. The number of aryl methyl sites for hydroxylation is 1. The van der Waals surface area contributed by atoms with Crippen LogP contribution in [0.3, 0.4) is 0 Å². The van der Waals surface area contributed by atoms with Crippen LogP contribution in [0.25, 0.3) is 0 Å². The third kappa shape index (κ3) is 4.76. The highest BCUT2D eigenvalue weighted by Crippen LogP contribution is 2.22. The summed E-state index contributed by atoms with van der Waals surface area (Å²) in [5, 5.41) is 2.81. The van der Waals surface area contributed by atoms with Gasteiger partial charge in [0.15, 0.2) is 0 Å². The van der Waals surface area contributed by atoms with Gasteiger partial charge in [-0.15, -0.1) is 0 Å². The Morgan fingerprint density at radius 1 is 0.857 bits per heavy atom. The van der Waals surface area contributed by atoms with E-state index in [-0.39, 0.29) is 0 Å². The number of hydrogen-bond acceptors (Lipinski definition) is 4. The van der Waals surface area contributed by atoms with E-state index >= 15 is 0 Å². The van der Waals surface area contributed by atoms with Crippen molar-refractivity contribution in [3.63, 3.8) is 0 Å². The van der Waals surface area contributed by atoms with Gasteiger partial charge in [-0.3, -0.25) is 4.79 Å². The highest BCUT2D eigenvalue weighted by atomic mass is 16.5. The van der Waals surface area contributed by atoms with E-state index in [4.69, 9.17) is 9.47 Å². The standard InChI is InChI=1S/C23H21NO4/c1-16-8-12-19(13-9-16)24-22(25)21(17-6-4-3-5-7-17)28-23(26)18-10-14-20(27-2)15-11-18/h3-15,21H,1-2H3,(H,24,25)/t21-/m0/s1. The maximum Gasteiger partial charge on any atom is 0.339 e. The predicted octanol–water partition coefficient (Wildman–Crippen LogP) is 4.54. The summed E-state index contributed by atoms with van der Waals surface area (Å²) in [7, 11) is 1.55. The Balaban J connectivity index is 1.81. The van der Waals surface area contributed by atoms with Crippen LogP contribution >= 0.6 is 0 Å². The lowest BCUT2D eigenvalue weighted by Gasteiger charge is -2.18. The fourth-order valence-electron chi connectivity index (χ4n) is 2.65. The molecule has 5 nitrogen and oxygen atoms in total. The number of nitrogens with one attached hydrogen (secondary N) is 1. The zero-order chi connectivity index (χ0) is 19.9. The van der Waals surface area contributed by atoms with Gasteiger partial charge < -0.3 is 14.8 Å². The Hall–Kier alpha value is -3.60. The molecule has 1 atom stereocenters. The van der Waals surface area contributed by atoms with E-state index in [2.05, 4.69) is 5.32 Å². The second-order valence-electron chi connectivity index (χ2n) is 6.28. The maximum atomic E-state index is 12.9. The summed E-state index contributed by atoms with van der Waals surface area (Å²) in [4.78, 5) is 25.4. The lowest BCUT2D eigenvalue weighted by atomic mass is 10.1. The molecule has 0 fully saturated rings. The zero-order valence-electron chi connectivity index (χ0n) is 15.7. The van der Waals surface area contributed by atoms with E-state index in [1.165, 1.54) is 0 Å². The largest absolute Gasteiger partial charge is 0.497 e. The van der Waals surface area contributed by atoms with Crippen molar-refractivity contribution >= 4 is 17.6 Å². The Kier molecular flexibility index (Phi) is 6.07. The van der Waals surface area contributed by atoms with Crippen LogP contribution in [0.4, 0.5) is 5.69 Å². The number of rotatable bonds is 6. The normalized spacial score (nSPS) is 11.4. The van der Waals surface area contributed by atoms with Crippen molar-refractivity contribution in [1.82, 2.24) is 0 Å². The molecule has 0 unspecified atom stereocenters. The van der Waals surface area contributed by atoms with Crippen molar-refractivity contribution in [3.05, 3.63) is 95.6 Å². The Labute approximate surface area is 163 Å². The molecule has 0 radical (unpaired) electrons. The van der Waals surface area contributed by atoms with Gasteiger partial charge in [-0.2, -0.15) is 0 Å². The summed E-state index contributed by atoms with van der Waals surface area (Å²) in [5.41, 5.74) is 2.65. The smallest absolute Gasteiger partial charge is 0.339 e. The number of benzene rings is 3. The minimum atomic E-state index is -1.07. The van der Waals surface area contributed by atoms with E-state index in [0.717, 1.165) is 5.56 Å². The maximum absolute atomic E-state index is 12.9. The van der Waals surface area contributed by atoms with Crippen molar-refractivity contribution in [3.8, 4) is 5.75 Å². The van der Waals surface area contributed by atoms with Crippen LogP contribution in [0, 0.1) is 6.92 Å². The predicted molar refractivity (Wildman–Crippen MR) is 107 cm³/mol. The molecule has 0 bridgehead atoms. The van der Waals surface area contributed by atoms with Gasteiger partial charge in [0.2, 0.25) is 6.10 Å². The number of methoxy groups -OCH3 is 1. The second-order valence-corrected chi connectivity index (χ2v) is 6.28. The highest BCUT2D eigenvalue weighted by molar-refractivity contribution is 5.98. The van der Waals surface area contributed by atoms with Crippen molar-refractivity contribution < 1.29 is 19.1 Å². The summed E-state index contributed by atoms with van der Waals surface area (Å²) < 4.78 is 10.7. The molecule has 0 heterocycles. The van der Waals surface area contributed by atoms with Crippen LogP contribution in [-0.4, -0.2) is 19.0 Å². The summed E-state index contributed by atoms with van der Waals surface area (Å²) in [6.07, 6.45) is -1.07. The number of carbonyl (C=O) groups is 2. The fraction of sp³-hybridized carbons (Fsp3) is 0.130. The first-order chi connectivity index (χ1) is 13.6. The molecule has 0 saturated heterocycles. The summed E-state index contributed by atoms with van der Waals surface area (Å²) >= 11 is 0. The van der Waals surface area contributed by atoms with Crippen LogP contribution in [0.1, 0.15) is 27.6 Å². The van der Waals surface area contributed by atoms with E-state index in [1.807, 2.05) is 25.1 Å². The first-order valence-electron chi connectivity index (χ1n) is 8.84. The number of esters is 1. The Bertz CT molecular complexity index is 935. The zero-order valence-corrected chi connectivity index (χ0v) is 15.7. The molecule has 1 N–H and O–H groups in total. The van der Waals surface area contributed by atoms with Gasteiger partial charge in [0, 0.05) is 11.3 Å². The molecule has 5 heteroatoms. The molecule has 0 saturated carbocycles. The minimum absolute atomic E-state index is 0.338. The van der Waals surface area contributed by atoms with E-state index in [0.29, 0.717) is 22.6 Å². The molecule has 1 amide bonds. The lowest BCUT2D eigenvalue weighted by molar-refractivity contribution is -0.125. The average molecular weight is 375 g/mol. The number of anilines is 1. The van der Waals surface area contributed by atoms with Crippen molar-refractivity contribution in [2.24, 2.45) is 0 Å². The van der Waals surface area contributed by atoms with Gasteiger partial charge in [0.1, 0.15) is 5.75 Å². The van der Waals surface area contributed by atoms with Crippen LogP contribution < -0.4 is 10.1 Å². The molecular formula is C23H21NO4. The highest BCUT2D eigenvalue weighted by Gasteiger charge is 2.25. The van der Waals surface area contributed by atoms with Gasteiger partial charge >= 0.3 is 5.97 Å². The molecule has 0 aliphatic heterocycles. The van der Waals surface area contributed by atoms with Crippen LogP contribution in [0.15, 0.2) is 78.9 Å². The number of carbonyl (C=O) groups excluding carboxylic acids is 2. The second kappa shape index (κ2) is 8.86. The van der Waals surface area contributed by atoms with Gasteiger partial charge in [-0.1, -0.05) is 48.0 Å². The molecule has 0 spiro atoms. The molecule has 0 aromatic heterocycles. The van der Waals surface area contributed by atoms with Gasteiger partial charge in [0.05, 0.1) is 12.7 Å². The summed E-state index contributed by atoms with van der Waals surface area (Å²) in [6.45, 7) is 1.97. The minimum Gasteiger partial charge on any atom is -0.497 e. The summed E-state index contributed by atoms with van der Waals surface area (Å²) in [6, 6.07) is 22.9. The van der Waals surface area contributed by atoms with Gasteiger partial charge in [-0.25, -0.2) is 4.79 Å². The molecule has 28 heavy (non-hydrogen) atoms. The molecule has 3 aromatic rings. The number of ether oxygens (including phenoxy) is 2. The van der Waals surface area contributed by atoms with Crippen molar-refractivity contribution in [2.75, 3.05) is 12.4 Å². The Morgan fingerprint density at radius 3 is 2.11 bits per heavy atom. The number of amides is 1. The first-order valence-corrected chi connectivity index (χ1v) is 8.84. The van der Waals surface area contributed by atoms with E-state index in [1.54, 1.807) is 67.8 Å². The van der Waals surface area contributed by atoms with Gasteiger partial charge in [0.25, 0.3) is 5.91 Å². The fourth-order valence-corrected chi connectivity index (χ4v) is 2.65. The quantitative estimate of drug-likeness (QED) is 0.643. The van der Waals surface area contributed by atoms with Crippen LogP contribution in [-0.2, 0) is 9.53 Å². The SMILES string of the molecule is COc1ccc(C(=O)O[C@H](C(=O)Nc2ccc(C)cc2)c2ccccc2)cc1. The van der Waals surface area contributed by atoms with Crippen molar-refractivity contribution in [2.45, 2.75) is 13.0 Å². The van der Waals surface area contributed by atoms with Crippen LogP contribution in [0.5, 0.6) is 5.75 Å². The molecule has 0 aliphatic carbocycles. The molecule has 3 rings (SSSR count). The van der Waals surface area contributed by atoms with Crippen molar-refractivity contribution in [1.29, 1.82) is 0 Å². The topological polar surface area (TPSA) is 64.6 Å². The molecule has 142 valence electrons. The molecule has 0 aliphatic rings.